The molecule has 1 atom stereocenters. The number of benzene rings is 2. The van der Waals surface area contributed by atoms with E-state index in [2.05, 4.69) is 26.4 Å². The van der Waals surface area contributed by atoms with Gasteiger partial charge in [-0.1, -0.05) is 18.2 Å². The van der Waals surface area contributed by atoms with Crippen LogP contribution in [-0.2, 0) is 17.8 Å². The number of pyridine rings is 1. The highest BCUT2D eigenvalue weighted by atomic mass is 16.6. The Balaban J connectivity index is 1.33. The fourth-order valence-corrected chi connectivity index (χ4v) is 4.03. The molecule has 0 unspecified atom stereocenters. The molecule has 1 N–H and O–H groups in total. The van der Waals surface area contributed by atoms with Gasteiger partial charge in [0.25, 0.3) is 11.6 Å². The van der Waals surface area contributed by atoms with Crippen molar-refractivity contribution in [2.45, 2.75) is 25.9 Å². The van der Waals surface area contributed by atoms with Gasteiger partial charge in [-0.2, -0.15) is 0 Å². The average molecular weight is 425 g/mol. The molecule has 0 bridgehead atoms. The van der Waals surface area contributed by atoms with Crippen LogP contribution in [0.4, 0.5) is 11.4 Å². The fourth-order valence-electron chi connectivity index (χ4n) is 4.03. The summed E-state index contributed by atoms with van der Waals surface area (Å²) in [7, 11) is 0. The number of nitro benzene ring substituents is 1. The van der Waals surface area contributed by atoms with Gasteiger partial charge in [-0.3, -0.25) is 24.9 Å². The molecule has 158 valence electrons. The summed E-state index contributed by atoms with van der Waals surface area (Å²) in [5, 5.41) is 13.8. The van der Waals surface area contributed by atoms with Crippen LogP contribution in [0.1, 0.15) is 40.8 Å². The Morgan fingerprint density at radius 2 is 1.84 bits per heavy atom. The van der Waals surface area contributed by atoms with Crippen molar-refractivity contribution in [3.05, 3.63) is 98.9 Å². The van der Waals surface area contributed by atoms with Gasteiger partial charge in [-0.15, -0.1) is 0 Å². The lowest BCUT2D eigenvalue weighted by atomic mass is 9.97. The molecule has 2 aromatic carbocycles. The van der Waals surface area contributed by atoms with E-state index in [4.69, 9.17) is 0 Å². The van der Waals surface area contributed by atoms with Gasteiger partial charge in [0.2, 0.25) is 0 Å². The van der Waals surface area contributed by atoms with E-state index in [0.717, 1.165) is 39.2 Å². The van der Waals surface area contributed by atoms with Gasteiger partial charge in [-0.05, 0) is 41.8 Å². The molecule has 0 spiro atoms. The largest absolute Gasteiger partial charge is 0.344 e. The molecule has 8 heteroatoms. The van der Waals surface area contributed by atoms with Crippen LogP contribution in [0.15, 0.2) is 70.9 Å². The van der Waals surface area contributed by atoms with Gasteiger partial charge in [0.1, 0.15) is 5.71 Å². The predicted octanol–water partition coefficient (Wildman–Crippen LogP) is 3.85. The number of aliphatic imine (C=N–C) groups is 2. The smallest absolute Gasteiger partial charge is 0.269 e. The summed E-state index contributed by atoms with van der Waals surface area (Å²) in [6.45, 7) is 2.45. The van der Waals surface area contributed by atoms with Gasteiger partial charge >= 0.3 is 0 Å². The zero-order valence-corrected chi connectivity index (χ0v) is 17.3. The summed E-state index contributed by atoms with van der Waals surface area (Å²) in [5.41, 5.74) is 7.18. The maximum Gasteiger partial charge on any atom is 0.269 e. The molecule has 2 aliphatic heterocycles. The summed E-state index contributed by atoms with van der Waals surface area (Å²) >= 11 is 0. The minimum Gasteiger partial charge on any atom is -0.344 e. The normalized spacial score (nSPS) is 14.8. The highest BCUT2D eigenvalue weighted by Gasteiger charge is 2.26. The Kier molecular flexibility index (Phi) is 4.82. The Bertz CT molecular complexity index is 1300. The van der Waals surface area contributed by atoms with Gasteiger partial charge in [-0.25, -0.2) is 4.99 Å². The molecular formula is C24H19N5O3. The average Bonchev–Trinajstić information content (AvgIpc) is 3.41. The van der Waals surface area contributed by atoms with E-state index < -0.39 is 4.92 Å². The second-order valence-corrected chi connectivity index (χ2v) is 7.82. The zero-order valence-electron chi connectivity index (χ0n) is 17.3. The van der Waals surface area contributed by atoms with Crippen LogP contribution in [0.5, 0.6) is 0 Å². The number of aromatic nitrogens is 1. The fraction of sp³-hybridized carbons (Fsp3) is 0.167. The summed E-state index contributed by atoms with van der Waals surface area (Å²) in [4.78, 5) is 36.5. The van der Waals surface area contributed by atoms with Crippen LogP contribution in [0.3, 0.4) is 0 Å². The maximum absolute atomic E-state index is 12.8. The number of amides is 1. The third-order valence-electron chi connectivity index (χ3n) is 5.75. The summed E-state index contributed by atoms with van der Waals surface area (Å²) in [6.07, 6.45) is 3.96. The lowest BCUT2D eigenvalue weighted by Gasteiger charge is -2.14. The third-order valence-corrected chi connectivity index (χ3v) is 5.75. The van der Waals surface area contributed by atoms with Crippen LogP contribution < -0.4 is 5.32 Å². The molecule has 32 heavy (non-hydrogen) atoms. The molecular weight excluding hydrogens is 406 g/mol. The van der Waals surface area contributed by atoms with E-state index in [1.54, 1.807) is 24.5 Å². The first-order valence-electron chi connectivity index (χ1n) is 10.2. The number of carbonyl (C=O) groups excluding carboxylic acids is 1. The second kappa shape index (κ2) is 7.81. The number of fused-ring (bicyclic) bond motifs is 2. The van der Waals surface area contributed by atoms with Crippen molar-refractivity contribution in [3.63, 3.8) is 0 Å². The third kappa shape index (κ3) is 3.56. The van der Waals surface area contributed by atoms with Crippen molar-refractivity contribution >= 4 is 28.7 Å². The van der Waals surface area contributed by atoms with Crippen molar-refractivity contribution in [2.75, 3.05) is 0 Å². The molecule has 1 aromatic heterocycles. The molecule has 2 aliphatic rings. The number of rotatable bonds is 5. The van der Waals surface area contributed by atoms with Crippen LogP contribution in [0, 0.1) is 10.1 Å². The first-order chi connectivity index (χ1) is 15.5. The number of carbonyl (C=O) groups is 1. The van der Waals surface area contributed by atoms with E-state index in [1.807, 2.05) is 25.1 Å². The van der Waals surface area contributed by atoms with Crippen molar-refractivity contribution in [1.29, 1.82) is 0 Å². The maximum atomic E-state index is 12.8. The van der Waals surface area contributed by atoms with E-state index >= 15 is 0 Å². The molecule has 1 amide bonds. The van der Waals surface area contributed by atoms with E-state index in [9.17, 15) is 14.9 Å². The molecule has 3 aromatic rings. The van der Waals surface area contributed by atoms with Crippen molar-refractivity contribution < 1.29 is 9.72 Å². The van der Waals surface area contributed by atoms with Crippen molar-refractivity contribution in [2.24, 2.45) is 9.98 Å². The number of nitrogens with zero attached hydrogens (tertiary/aromatic N) is 4. The molecule has 0 fully saturated rings. The summed E-state index contributed by atoms with van der Waals surface area (Å²) in [6, 6.07) is 13.8. The predicted molar refractivity (Wildman–Crippen MR) is 120 cm³/mol. The van der Waals surface area contributed by atoms with Crippen LogP contribution >= 0.6 is 0 Å². The van der Waals surface area contributed by atoms with Crippen LogP contribution in [-0.4, -0.2) is 27.2 Å². The number of nitro groups is 1. The Morgan fingerprint density at radius 1 is 1.09 bits per heavy atom. The Morgan fingerprint density at radius 3 is 2.56 bits per heavy atom. The van der Waals surface area contributed by atoms with E-state index in [1.165, 1.54) is 12.1 Å². The standard InChI is InChI=1S/C24H19N5O3/c1-14(15-2-4-19(5-3-15)29(31)32)27-24(30)22-11-17-10-18-13-26-23(16-6-8-25-9-7-16)20(18)12-21(17)28-22/h2-10,12,14H,11,13H2,1H3,(H,27,30)/t14-/m1/s1. The number of hydrogen-bond acceptors (Lipinski definition) is 6. The van der Waals surface area contributed by atoms with E-state index in [0.29, 0.717) is 18.7 Å². The second-order valence-electron chi connectivity index (χ2n) is 7.82. The quantitative estimate of drug-likeness (QED) is 0.494. The topological polar surface area (TPSA) is 110 Å². The van der Waals surface area contributed by atoms with Gasteiger partial charge in [0, 0.05) is 42.1 Å². The van der Waals surface area contributed by atoms with Gasteiger partial charge < -0.3 is 5.32 Å². The lowest BCUT2D eigenvalue weighted by Crippen LogP contribution is -2.33. The number of nitrogens with one attached hydrogen (secondary N) is 1. The minimum atomic E-state index is -0.445. The molecule has 0 saturated carbocycles. The summed E-state index contributed by atoms with van der Waals surface area (Å²) in [5.74, 6) is -0.241. The molecule has 3 heterocycles. The lowest BCUT2D eigenvalue weighted by molar-refractivity contribution is -0.384. The zero-order chi connectivity index (χ0) is 22.2. The van der Waals surface area contributed by atoms with E-state index in [-0.39, 0.29) is 17.6 Å². The molecule has 8 nitrogen and oxygen atoms in total. The minimum absolute atomic E-state index is 0.0191. The first kappa shape index (κ1) is 19.7. The van der Waals surface area contributed by atoms with Crippen LogP contribution in [0.25, 0.3) is 0 Å². The Labute approximate surface area is 183 Å². The highest BCUT2D eigenvalue weighted by Crippen LogP contribution is 2.34. The summed E-state index contributed by atoms with van der Waals surface area (Å²) < 4.78 is 0. The molecule has 5 rings (SSSR count). The number of non-ortho nitro benzene ring substituents is 1. The molecule has 0 radical (unpaired) electrons. The molecule has 0 saturated heterocycles. The van der Waals surface area contributed by atoms with Crippen LogP contribution in [0.2, 0.25) is 0 Å². The first-order valence-corrected chi connectivity index (χ1v) is 10.2. The van der Waals surface area contributed by atoms with Crippen molar-refractivity contribution in [1.82, 2.24) is 10.3 Å². The monoisotopic (exact) mass is 425 g/mol. The molecule has 0 aliphatic carbocycles. The highest BCUT2D eigenvalue weighted by molar-refractivity contribution is 6.41. The number of hydrogen-bond donors (Lipinski definition) is 1. The van der Waals surface area contributed by atoms with Gasteiger partial charge in [0.15, 0.2) is 0 Å². The van der Waals surface area contributed by atoms with Gasteiger partial charge in [0.05, 0.1) is 28.9 Å². The van der Waals surface area contributed by atoms with Crippen molar-refractivity contribution in [3.8, 4) is 0 Å². The Hall–Kier alpha value is -4.20. The SMILES string of the molecule is C[C@@H](NC(=O)C1=Nc2cc3c(cc2C1)CN=C3c1ccncc1)c1ccc([N+](=O)[O-])cc1.